The number of aromatic nitrogens is 2. The number of thioether (sulfide) groups is 1. The molecule has 0 radical (unpaired) electrons. The molecule has 2 aromatic carbocycles. The smallest absolute Gasteiger partial charge is 0.210 e. The van der Waals surface area contributed by atoms with Gasteiger partial charge in [0.25, 0.3) is 0 Å². The Labute approximate surface area is 146 Å². The fourth-order valence-corrected chi connectivity index (χ4v) is 3.68. The van der Waals surface area contributed by atoms with Crippen LogP contribution in [-0.4, -0.2) is 10.2 Å². The highest BCUT2D eigenvalue weighted by Gasteiger charge is 2.05. The Kier molecular flexibility index (Phi) is 5.20. The van der Waals surface area contributed by atoms with Crippen LogP contribution in [0.1, 0.15) is 5.56 Å². The maximum atomic E-state index is 5.88. The second-order valence-corrected chi connectivity index (χ2v) is 7.49. The molecule has 3 nitrogen and oxygen atoms in total. The maximum Gasteiger partial charge on any atom is 0.210 e. The molecule has 3 aromatic rings. The first kappa shape index (κ1) is 15.6. The summed E-state index contributed by atoms with van der Waals surface area (Å²) in [5.74, 6) is 0.840. The van der Waals surface area contributed by atoms with Crippen molar-refractivity contribution in [3.63, 3.8) is 0 Å². The van der Waals surface area contributed by atoms with Crippen molar-refractivity contribution in [2.75, 3.05) is 5.32 Å². The Morgan fingerprint density at radius 3 is 2.23 bits per heavy atom. The summed E-state index contributed by atoms with van der Waals surface area (Å²) in [7, 11) is 0. The summed E-state index contributed by atoms with van der Waals surface area (Å²) in [6, 6.07) is 15.3. The second kappa shape index (κ2) is 7.33. The second-order valence-electron chi connectivity index (χ2n) is 4.42. The normalized spacial score (nSPS) is 10.6. The van der Waals surface area contributed by atoms with Gasteiger partial charge in [-0.1, -0.05) is 58.4 Å². The van der Waals surface area contributed by atoms with E-state index in [0.29, 0.717) is 5.02 Å². The molecule has 112 valence electrons. The van der Waals surface area contributed by atoms with Crippen molar-refractivity contribution in [3.05, 3.63) is 64.1 Å². The highest BCUT2D eigenvalue weighted by atomic mass is 35.5. The number of hydrogen-bond donors (Lipinski definition) is 1. The molecular weight excluding hydrogens is 357 g/mol. The molecule has 0 spiro atoms. The Hall–Kier alpha value is -1.27. The van der Waals surface area contributed by atoms with Gasteiger partial charge in [-0.2, -0.15) is 0 Å². The van der Waals surface area contributed by atoms with Gasteiger partial charge < -0.3 is 5.32 Å². The average molecular weight is 368 g/mol. The van der Waals surface area contributed by atoms with Crippen molar-refractivity contribution in [1.29, 1.82) is 0 Å². The number of halogens is 2. The van der Waals surface area contributed by atoms with Crippen LogP contribution in [0.2, 0.25) is 10.0 Å². The molecule has 7 heteroatoms. The summed E-state index contributed by atoms with van der Waals surface area (Å²) in [4.78, 5) is 0. The van der Waals surface area contributed by atoms with E-state index in [1.165, 1.54) is 16.9 Å². The van der Waals surface area contributed by atoms with Gasteiger partial charge in [0.1, 0.15) is 0 Å². The van der Waals surface area contributed by atoms with Crippen LogP contribution in [0, 0.1) is 0 Å². The molecule has 22 heavy (non-hydrogen) atoms. The number of hydrogen-bond acceptors (Lipinski definition) is 5. The zero-order valence-corrected chi connectivity index (χ0v) is 14.4. The molecule has 0 amide bonds. The van der Waals surface area contributed by atoms with E-state index in [0.717, 1.165) is 25.9 Å². The van der Waals surface area contributed by atoms with Crippen LogP contribution in [0.25, 0.3) is 0 Å². The summed E-state index contributed by atoms with van der Waals surface area (Å²) in [6.07, 6.45) is 0. The van der Waals surface area contributed by atoms with Crippen LogP contribution in [0.4, 0.5) is 10.8 Å². The average Bonchev–Trinajstić information content (AvgIpc) is 2.97. The molecule has 0 aliphatic heterocycles. The minimum atomic E-state index is 0.710. The van der Waals surface area contributed by atoms with Gasteiger partial charge in [-0.25, -0.2) is 0 Å². The van der Waals surface area contributed by atoms with Gasteiger partial charge in [-0.05, 0) is 42.0 Å². The van der Waals surface area contributed by atoms with Crippen molar-refractivity contribution in [1.82, 2.24) is 10.2 Å². The lowest BCUT2D eigenvalue weighted by molar-refractivity contribution is 1.01. The van der Waals surface area contributed by atoms with Crippen LogP contribution in [-0.2, 0) is 5.75 Å². The molecule has 0 aliphatic rings. The van der Waals surface area contributed by atoms with Crippen LogP contribution >= 0.6 is 46.3 Å². The first-order valence-corrected chi connectivity index (χ1v) is 8.98. The highest BCUT2D eigenvalue weighted by Crippen LogP contribution is 2.30. The van der Waals surface area contributed by atoms with Gasteiger partial charge >= 0.3 is 0 Å². The van der Waals surface area contributed by atoms with Gasteiger partial charge in [0.15, 0.2) is 4.34 Å². The summed E-state index contributed by atoms with van der Waals surface area (Å²) < 4.78 is 0.923. The van der Waals surface area contributed by atoms with Gasteiger partial charge in [-0.3, -0.25) is 0 Å². The highest BCUT2D eigenvalue weighted by molar-refractivity contribution is 8.00. The summed E-state index contributed by atoms with van der Waals surface area (Å²) in [5, 5.41) is 13.8. The number of nitrogens with one attached hydrogen (secondary N) is 1. The van der Waals surface area contributed by atoms with Gasteiger partial charge in [0.2, 0.25) is 5.13 Å². The van der Waals surface area contributed by atoms with Gasteiger partial charge in [0, 0.05) is 21.5 Å². The lowest BCUT2D eigenvalue weighted by atomic mass is 10.2. The predicted molar refractivity (Wildman–Crippen MR) is 95.7 cm³/mol. The molecule has 0 unspecified atom stereocenters. The number of rotatable bonds is 5. The maximum absolute atomic E-state index is 5.88. The van der Waals surface area contributed by atoms with E-state index in [9.17, 15) is 0 Å². The van der Waals surface area contributed by atoms with E-state index < -0.39 is 0 Å². The van der Waals surface area contributed by atoms with Crippen molar-refractivity contribution in [3.8, 4) is 0 Å². The minimum absolute atomic E-state index is 0.710. The first-order chi connectivity index (χ1) is 10.7. The summed E-state index contributed by atoms with van der Waals surface area (Å²) in [6.45, 7) is 0. The lowest BCUT2D eigenvalue weighted by Crippen LogP contribution is -1.88. The lowest BCUT2D eigenvalue weighted by Gasteiger charge is -2.00. The van der Waals surface area contributed by atoms with E-state index >= 15 is 0 Å². The van der Waals surface area contributed by atoms with Crippen molar-refractivity contribution in [2.24, 2.45) is 0 Å². The zero-order valence-electron chi connectivity index (χ0n) is 11.3. The molecular formula is C15H11Cl2N3S2. The Morgan fingerprint density at radius 2 is 1.55 bits per heavy atom. The van der Waals surface area contributed by atoms with Crippen molar-refractivity contribution < 1.29 is 0 Å². The summed E-state index contributed by atoms with van der Waals surface area (Å²) >= 11 is 14.9. The largest absolute Gasteiger partial charge is 0.330 e. The molecule has 0 fully saturated rings. The molecule has 0 aliphatic carbocycles. The molecule has 3 rings (SSSR count). The third-order valence-corrected chi connectivity index (χ3v) is 5.32. The van der Waals surface area contributed by atoms with Crippen molar-refractivity contribution >= 4 is 57.1 Å². The van der Waals surface area contributed by atoms with E-state index in [2.05, 4.69) is 15.5 Å². The Morgan fingerprint density at radius 1 is 0.909 bits per heavy atom. The number of anilines is 2. The van der Waals surface area contributed by atoms with E-state index in [-0.39, 0.29) is 0 Å². The zero-order chi connectivity index (χ0) is 15.4. The first-order valence-electron chi connectivity index (χ1n) is 6.42. The number of benzene rings is 2. The van der Waals surface area contributed by atoms with Gasteiger partial charge in [0.05, 0.1) is 0 Å². The molecule has 0 saturated carbocycles. The Balaban J connectivity index is 1.59. The molecule has 0 atom stereocenters. The van der Waals surface area contributed by atoms with Crippen LogP contribution in [0.15, 0.2) is 52.9 Å². The van der Waals surface area contributed by atoms with Crippen LogP contribution in [0.3, 0.4) is 0 Å². The molecule has 1 heterocycles. The predicted octanol–water partition coefficient (Wildman–Crippen LogP) is 5.88. The third kappa shape index (κ3) is 4.36. The molecule has 1 aromatic heterocycles. The van der Waals surface area contributed by atoms with E-state index in [1.54, 1.807) is 11.8 Å². The summed E-state index contributed by atoms with van der Waals surface area (Å²) in [5.41, 5.74) is 2.15. The minimum Gasteiger partial charge on any atom is -0.330 e. The van der Waals surface area contributed by atoms with Gasteiger partial charge in [-0.15, -0.1) is 10.2 Å². The fraction of sp³-hybridized carbons (Fsp3) is 0.0667. The van der Waals surface area contributed by atoms with Crippen LogP contribution in [0.5, 0.6) is 0 Å². The quantitative estimate of drug-likeness (QED) is 0.571. The van der Waals surface area contributed by atoms with E-state index in [4.69, 9.17) is 23.2 Å². The third-order valence-electron chi connectivity index (χ3n) is 2.78. The SMILES string of the molecule is Clc1ccc(CSc2nnc(Nc3ccc(Cl)cc3)s2)cc1. The van der Waals surface area contributed by atoms with Crippen molar-refractivity contribution in [2.45, 2.75) is 10.1 Å². The monoisotopic (exact) mass is 367 g/mol. The molecule has 1 N–H and O–H groups in total. The topological polar surface area (TPSA) is 37.8 Å². The standard InChI is InChI=1S/C15H11Cl2N3S2/c16-11-3-1-10(2-4-11)9-21-15-20-19-14(22-15)18-13-7-5-12(17)6-8-13/h1-8H,9H2,(H,18,19). The Bertz CT molecular complexity index is 742. The number of nitrogens with zero attached hydrogens (tertiary/aromatic N) is 2. The van der Waals surface area contributed by atoms with E-state index in [1.807, 2.05) is 48.5 Å². The van der Waals surface area contributed by atoms with Crippen LogP contribution < -0.4 is 5.32 Å². The molecule has 0 bridgehead atoms. The fourth-order valence-electron chi connectivity index (χ4n) is 1.70. The molecule has 0 saturated heterocycles.